The topological polar surface area (TPSA) is 92.3 Å². The van der Waals surface area contributed by atoms with Gasteiger partial charge in [0.15, 0.2) is 16.6 Å². The summed E-state index contributed by atoms with van der Waals surface area (Å²) in [7, 11) is -3.77. The number of hydrogen-bond donors (Lipinski definition) is 0. The molecule has 0 saturated carbocycles. The van der Waals surface area contributed by atoms with Crippen molar-refractivity contribution in [3.63, 3.8) is 0 Å². The number of likely N-dealkylation sites (N-methyl/N-ethyl adjacent to an activating group) is 1. The summed E-state index contributed by atoms with van der Waals surface area (Å²) in [4.78, 5) is 22.6. The minimum atomic E-state index is -3.77. The smallest absolute Gasteiger partial charge is 0.260 e. The highest BCUT2D eigenvalue weighted by atomic mass is 35.5. The number of thiazole rings is 1. The fourth-order valence-electron chi connectivity index (χ4n) is 4.27. The number of halogens is 1. The molecule has 2 heterocycles. The largest absolute Gasteiger partial charge is 0.486 e. The number of fused-ring (bicyclic) bond motifs is 2. The van der Waals surface area contributed by atoms with Gasteiger partial charge in [0, 0.05) is 43.9 Å². The number of aromatic nitrogens is 1. The highest BCUT2D eigenvalue weighted by Gasteiger charge is 2.26. The average Bonchev–Trinajstić information content (AvgIpc) is 3.36. The summed E-state index contributed by atoms with van der Waals surface area (Å²) < 4.78 is 39.8. The molecule has 0 spiro atoms. The Labute approximate surface area is 246 Å². The predicted molar refractivity (Wildman–Crippen MR) is 163 cm³/mol. The summed E-state index contributed by atoms with van der Waals surface area (Å²) in [5.74, 6) is 1.06. The lowest BCUT2D eigenvalue weighted by atomic mass is 10.2. The summed E-state index contributed by atoms with van der Waals surface area (Å²) in [6.45, 7) is 15.6. The molecule has 12 heteroatoms. The Hall–Kier alpha value is -2.96. The van der Waals surface area contributed by atoms with E-state index in [9.17, 15) is 13.2 Å². The Balaban J connectivity index is 0.00000441. The van der Waals surface area contributed by atoms with Gasteiger partial charge < -0.3 is 14.4 Å². The van der Waals surface area contributed by atoms with E-state index in [1.807, 2.05) is 12.1 Å². The zero-order valence-electron chi connectivity index (χ0n) is 22.7. The number of rotatable bonds is 13. The first-order valence-electron chi connectivity index (χ1n) is 12.9. The third-order valence-electron chi connectivity index (χ3n) is 6.46. The van der Waals surface area contributed by atoms with Crippen LogP contribution in [0.15, 0.2) is 66.6 Å². The Morgan fingerprint density at radius 2 is 1.60 bits per heavy atom. The third-order valence-corrected chi connectivity index (χ3v) is 9.34. The monoisotopic (exact) mass is 606 g/mol. The average molecular weight is 607 g/mol. The maximum atomic E-state index is 13.8. The minimum absolute atomic E-state index is 0. The number of benzene rings is 2. The molecular formula is C28H35ClN4O5S2. The van der Waals surface area contributed by atoms with Gasteiger partial charge in [0.25, 0.3) is 5.91 Å². The molecule has 0 saturated heterocycles. The fraction of sp³-hybridized carbons (Fsp3) is 0.357. The summed E-state index contributed by atoms with van der Waals surface area (Å²) in [5, 5.41) is 0.560. The molecule has 1 aliphatic heterocycles. The number of carbonyl (C=O) groups excluding carboxylic acids is 1. The summed E-state index contributed by atoms with van der Waals surface area (Å²) >= 11 is 1.41. The standard InChI is InChI=1S/C28H34N4O5S2.ClH/c1-5-13-31(14-6-2)39(34,35)22-11-9-21(10-12-22)27(33)32(16-15-30(7-3)8-4)28-29-23-19-24-25(20-26(23)38-28)37-18-17-36-24;/h5-6,9-12,19-20H,1-2,7-8,13-18H2,3-4H3;1H. The second-order valence-corrected chi connectivity index (χ2v) is 11.8. The van der Waals surface area contributed by atoms with Crippen molar-refractivity contribution in [2.75, 3.05) is 57.4 Å². The van der Waals surface area contributed by atoms with E-state index in [-0.39, 0.29) is 36.3 Å². The zero-order chi connectivity index (χ0) is 28.0. The van der Waals surface area contributed by atoms with Crippen molar-refractivity contribution in [1.29, 1.82) is 0 Å². The van der Waals surface area contributed by atoms with Crippen molar-refractivity contribution < 1.29 is 22.7 Å². The van der Waals surface area contributed by atoms with Crippen LogP contribution in [0.2, 0.25) is 0 Å². The molecule has 0 atom stereocenters. The van der Waals surface area contributed by atoms with E-state index in [1.54, 1.807) is 17.0 Å². The SMILES string of the molecule is C=CCN(CC=C)S(=O)(=O)c1ccc(C(=O)N(CCN(CC)CC)c2nc3cc4c(cc3s2)OCCO4)cc1.Cl. The second-order valence-electron chi connectivity index (χ2n) is 8.87. The van der Waals surface area contributed by atoms with Gasteiger partial charge in [-0.1, -0.05) is 37.3 Å². The van der Waals surface area contributed by atoms with Crippen LogP contribution in [0, 0.1) is 0 Å². The maximum absolute atomic E-state index is 13.8. The molecular weight excluding hydrogens is 572 g/mol. The van der Waals surface area contributed by atoms with Crippen LogP contribution in [0.4, 0.5) is 5.13 Å². The number of hydrogen-bond acceptors (Lipinski definition) is 8. The molecule has 9 nitrogen and oxygen atoms in total. The van der Waals surface area contributed by atoms with Crippen LogP contribution in [0.1, 0.15) is 24.2 Å². The predicted octanol–water partition coefficient (Wildman–Crippen LogP) is 4.84. The molecule has 0 radical (unpaired) electrons. The van der Waals surface area contributed by atoms with Crippen LogP contribution >= 0.6 is 23.7 Å². The molecule has 0 fully saturated rings. The highest BCUT2D eigenvalue weighted by Crippen LogP contribution is 2.39. The van der Waals surface area contributed by atoms with Gasteiger partial charge in [0.05, 0.1) is 15.1 Å². The van der Waals surface area contributed by atoms with E-state index in [0.717, 1.165) is 23.3 Å². The van der Waals surface area contributed by atoms with E-state index >= 15 is 0 Å². The zero-order valence-corrected chi connectivity index (χ0v) is 25.2. The molecule has 0 unspecified atom stereocenters. The van der Waals surface area contributed by atoms with Crippen molar-refractivity contribution in [1.82, 2.24) is 14.2 Å². The van der Waals surface area contributed by atoms with Crippen LogP contribution in [0.5, 0.6) is 11.5 Å². The molecule has 1 aromatic heterocycles. The normalized spacial score (nSPS) is 12.8. The minimum Gasteiger partial charge on any atom is -0.486 e. The Bertz CT molecular complexity index is 1390. The van der Waals surface area contributed by atoms with E-state index in [0.29, 0.717) is 48.5 Å². The number of ether oxygens (including phenoxy) is 2. The Morgan fingerprint density at radius 3 is 2.17 bits per heavy atom. The van der Waals surface area contributed by atoms with Crippen LogP contribution in [-0.2, 0) is 10.0 Å². The first kappa shape index (κ1) is 31.6. The van der Waals surface area contributed by atoms with Gasteiger partial charge in [-0.15, -0.1) is 25.6 Å². The third kappa shape index (κ3) is 6.84. The fourth-order valence-corrected chi connectivity index (χ4v) is 6.65. The van der Waals surface area contributed by atoms with Crippen LogP contribution in [0.25, 0.3) is 10.2 Å². The molecule has 1 aliphatic rings. The number of amides is 1. The van der Waals surface area contributed by atoms with Crippen molar-refractivity contribution >= 4 is 55.0 Å². The number of nitrogens with zero attached hydrogens (tertiary/aromatic N) is 4. The first-order chi connectivity index (χ1) is 18.8. The lowest BCUT2D eigenvalue weighted by molar-refractivity contribution is 0.0983. The summed E-state index contributed by atoms with van der Waals surface area (Å²) in [6, 6.07) is 9.77. The quantitative estimate of drug-likeness (QED) is 0.257. The molecule has 0 N–H and O–H groups in total. The number of carbonyl (C=O) groups is 1. The van der Waals surface area contributed by atoms with Crippen molar-refractivity contribution in [2.24, 2.45) is 0 Å². The lowest BCUT2D eigenvalue weighted by Crippen LogP contribution is -2.39. The van der Waals surface area contributed by atoms with Gasteiger partial charge in [0.2, 0.25) is 10.0 Å². The van der Waals surface area contributed by atoms with Crippen molar-refractivity contribution in [2.45, 2.75) is 18.7 Å². The molecule has 4 rings (SSSR count). The summed E-state index contributed by atoms with van der Waals surface area (Å²) in [6.07, 6.45) is 3.05. The summed E-state index contributed by atoms with van der Waals surface area (Å²) in [5.41, 5.74) is 1.10. The molecule has 216 valence electrons. The maximum Gasteiger partial charge on any atom is 0.260 e. The van der Waals surface area contributed by atoms with Crippen molar-refractivity contribution in [3.8, 4) is 11.5 Å². The van der Waals surface area contributed by atoms with E-state index in [2.05, 4.69) is 31.9 Å². The second kappa shape index (κ2) is 14.1. The van der Waals surface area contributed by atoms with Crippen LogP contribution in [0.3, 0.4) is 0 Å². The van der Waals surface area contributed by atoms with Crippen LogP contribution < -0.4 is 14.4 Å². The van der Waals surface area contributed by atoms with Gasteiger partial charge in [-0.2, -0.15) is 4.31 Å². The molecule has 1 amide bonds. The van der Waals surface area contributed by atoms with Gasteiger partial charge in [-0.3, -0.25) is 9.69 Å². The van der Waals surface area contributed by atoms with Crippen LogP contribution in [-0.4, -0.2) is 81.0 Å². The number of anilines is 1. The van der Waals surface area contributed by atoms with E-state index in [4.69, 9.17) is 14.5 Å². The Kier molecular flexibility index (Phi) is 11.1. The van der Waals surface area contributed by atoms with Crippen molar-refractivity contribution in [3.05, 3.63) is 67.3 Å². The van der Waals surface area contributed by atoms with Gasteiger partial charge in [-0.05, 0) is 37.4 Å². The van der Waals surface area contributed by atoms with E-state index in [1.165, 1.54) is 39.9 Å². The van der Waals surface area contributed by atoms with E-state index < -0.39 is 10.0 Å². The highest BCUT2D eigenvalue weighted by molar-refractivity contribution is 7.89. The molecule has 0 aliphatic carbocycles. The molecule has 3 aromatic rings. The lowest BCUT2D eigenvalue weighted by Gasteiger charge is -2.25. The van der Waals surface area contributed by atoms with Gasteiger partial charge >= 0.3 is 0 Å². The first-order valence-corrected chi connectivity index (χ1v) is 15.1. The molecule has 0 bridgehead atoms. The molecule has 2 aromatic carbocycles. The molecule has 40 heavy (non-hydrogen) atoms. The van der Waals surface area contributed by atoms with Gasteiger partial charge in [0.1, 0.15) is 13.2 Å². The van der Waals surface area contributed by atoms with Gasteiger partial charge in [-0.25, -0.2) is 13.4 Å². The Morgan fingerprint density at radius 1 is 1.00 bits per heavy atom. The number of sulfonamides is 1.